The highest BCUT2D eigenvalue weighted by Gasteiger charge is 2.17. The second-order valence-corrected chi connectivity index (χ2v) is 2.63. The number of carbonyl (C=O) groups excluding carboxylic acids is 1. The van der Waals surface area contributed by atoms with Crippen LogP contribution in [0.3, 0.4) is 0 Å². The first-order valence-corrected chi connectivity index (χ1v) is 4.12. The number of hydrogen-bond donors (Lipinski definition) is 1. The predicted octanol–water partition coefficient (Wildman–Crippen LogP) is 0.589. The van der Waals surface area contributed by atoms with Gasteiger partial charge in [-0.05, 0) is 19.9 Å². The van der Waals surface area contributed by atoms with Crippen LogP contribution in [0.2, 0.25) is 0 Å². The Labute approximate surface area is 76.5 Å². The SMILES string of the molecule is CCOC(=O)C(C)n1nccc1N. The van der Waals surface area contributed by atoms with Crippen molar-refractivity contribution in [2.75, 3.05) is 12.3 Å². The molecule has 0 fully saturated rings. The number of rotatable bonds is 3. The fourth-order valence-corrected chi connectivity index (χ4v) is 1.01. The molecule has 1 unspecified atom stereocenters. The van der Waals surface area contributed by atoms with E-state index in [0.717, 1.165) is 0 Å². The summed E-state index contributed by atoms with van der Waals surface area (Å²) in [6, 6.07) is 1.17. The lowest BCUT2D eigenvalue weighted by atomic mass is 10.3. The standard InChI is InChI=1S/C8H13N3O2/c1-3-13-8(12)6(2)11-7(9)4-5-10-11/h4-6H,3,9H2,1-2H3. The summed E-state index contributed by atoms with van der Waals surface area (Å²) in [5.41, 5.74) is 5.57. The van der Waals surface area contributed by atoms with Crippen molar-refractivity contribution in [3.8, 4) is 0 Å². The number of ether oxygens (including phenoxy) is 1. The molecule has 72 valence electrons. The van der Waals surface area contributed by atoms with Gasteiger partial charge in [0.25, 0.3) is 0 Å². The minimum atomic E-state index is -0.463. The lowest BCUT2D eigenvalue weighted by Gasteiger charge is -2.11. The number of nitrogens with zero attached hydrogens (tertiary/aromatic N) is 2. The smallest absolute Gasteiger partial charge is 0.330 e. The van der Waals surface area contributed by atoms with Gasteiger partial charge in [-0.15, -0.1) is 0 Å². The molecule has 0 bridgehead atoms. The molecule has 5 heteroatoms. The van der Waals surface area contributed by atoms with Crippen LogP contribution >= 0.6 is 0 Å². The van der Waals surface area contributed by atoms with E-state index in [4.69, 9.17) is 10.5 Å². The molecule has 0 spiro atoms. The van der Waals surface area contributed by atoms with Crippen molar-refractivity contribution in [3.05, 3.63) is 12.3 Å². The molecule has 13 heavy (non-hydrogen) atoms. The summed E-state index contributed by atoms with van der Waals surface area (Å²) in [4.78, 5) is 11.3. The van der Waals surface area contributed by atoms with Gasteiger partial charge in [0.15, 0.2) is 0 Å². The molecule has 5 nitrogen and oxygen atoms in total. The van der Waals surface area contributed by atoms with Crippen LogP contribution in [0.1, 0.15) is 19.9 Å². The highest BCUT2D eigenvalue weighted by atomic mass is 16.5. The zero-order chi connectivity index (χ0) is 9.84. The van der Waals surface area contributed by atoms with Crippen molar-refractivity contribution in [2.24, 2.45) is 0 Å². The normalized spacial score (nSPS) is 12.5. The molecule has 0 saturated carbocycles. The third-order valence-electron chi connectivity index (χ3n) is 1.70. The Morgan fingerprint density at radius 1 is 1.85 bits per heavy atom. The van der Waals surface area contributed by atoms with Gasteiger partial charge in [0.1, 0.15) is 11.9 Å². The van der Waals surface area contributed by atoms with Gasteiger partial charge in [-0.3, -0.25) is 0 Å². The van der Waals surface area contributed by atoms with Gasteiger partial charge in [0, 0.05) is 0 Å². The Kier molecular flexibility index (Phi) is 2.89. The summed E-state index contributed by atoms with van der Waals surface area (Å²) in [6.07, 6.45) is 1.55. The summed E-state index contributed by atoms with van der Waals surface area (Å²) in [5, 5.41) is 3.91. The van der Waals surface area contributed by atoms with Gasteiger partial charge < -0.3 is 10.5 Å². The molecule has 0 saturated heterocycles. The molecule has 0 radical (unpaired) electrons. The summed E-state index contributed by atoms with van der Waals surface area (Å²) < 4.78 is 6.26. The van der Waals surface area contributed by atoms with Crippen molar-refractivity contribution in [1.82, 2.24) is 9.78 Å². The second kappa shape index (κ2) is 3.93. The Morgan fingerprint density at radius 2 is 2.54 bits per heavy atom. The van der Waals surface area contributed by atoms with E-state index in [1.165, 1.54) is 4.68 Å². The molecule has 1 rings (SSSR count). The number of aromatic nitrogens is 2. The Balaban J connectivity index is 2.73. The molecular formula is C8H13N3O2. The molecule has 1 aromatic rings. The van der Waals surface area contributed by atoms with Gasteiger partial charge in [-0.2, -0.15) is 5.10 Å². The Hall–Kier alpha value is -1.52. The van der Waals surface area contributed by atoms with Crippen LogP contribution in [0, 0.1) is 0 Å². The first-order chi connectivity index (χ1) is 6.16. The second-order valence-electron chi connectivity index (χ2n) is 2.63. The number of anilines is 1. The van der Waals surface area contributed by atoms with Crippen molar-refractivity contribution in [1.29, 1.82) is 0 Å². The van der Waals surface area contributed by atoms with Crippen molar-refractivity contribution >= 4 is 11.8 Å². The highest BCUT2D eigenvalue weighted by Crippen LogP contribution is 2.11. The summed E-state index contributed by atoms with van der Waals surface area (Å²) >= 11 is 0. The molecule has 0 aliphatic heterocycles. The number of carbonyl (C=O) groups is 1. The van der Waals surface area contributed by atoms with E-state index in [-0.39, 0.29) is 5.97 Å². The van der Waals surface area contributed by atoms with Gasteiger partial charge in [-0.1, -0.05) is 0 Å². The molecule has 0 aliphatic carbocycles. The first-order valence-electron chi connectivity index (χ1n) is 4.12. The predicted molar refractivity (Wildman–Crippen MR) is 48.0 cm³/mol. The van der Waals surface area contributed by atoms with E-state index in [1.807, 2.05) is 0 Å². The summed E-state index contributed by atoms with van der Waals surface area (Å²) in [5.74, 6) is 0.137. The maximum absolute atomic E-state index is 11.3. The summed E-state index contributed by atoms with van der Waals surface area (Å²) in [7, 11) is 0. The third kappa shape index (κ3) is 1.99. The molecule has 1 atom stereocenters. The zero-order valence-corrected chi connectivity index (χ0v) is 7.73. The van der Waals surface area contributed by atoms with Crippen LogP contribution in [-0.4, -0.2) is 22.4 Å². The van der Waals surface area contributed by atoms with Crippen LogP contribution in [0.25, 0.3) is 0 Å². The van der Waals surface area contributed by atoms with Crippen LogP contribution in [0.5, 0.6) is 0 Å². The Morgan fingerprint density at radius 3 is 3.00 bits per heavy atom. The van der Waals surface area contributed by atoms with Crippen LogP contribution in [0.15, 0.2) is 12.3 Å². The average molecular weight is 183 g/mol. The van der Waals surface area contributed by atoms with E-state index in [2.05, 4.69) is 5.10 Å². The van der Waals surface area contributed by atoms with E-state index in [0.29, 0.717) is 12.4 Å². The van der Waals surface area contributed by atoms with Gasteiger partial charge in [0.05, 0.1) is 12.8 Å². The maximum atomic E-state index is 11.3. The summed E-state index contributed by atoms with van der Waals surface area (Å²) in [6.45, 7) is 3.82. The van der Waals surface area contributed by atoms with Crippen molar-refractivity contribution in [3.63, 3.8) is 0 Å². The molecule has 2 N–H and O–H groups in total. The van der Waals surface area contributed by atoms with Crippen molar-refractivity contribution < 1.29 is 9.53 Å². The number of hydrogen-bond acceptors (Lipinski definition) is 4. The quantitative estimate of drug-likeness (QED) is 0.696. The topological polar surface area (TPSA) is 70.1 Å². The molecule has 0 aliphatic rings. The van der Waals surface area contributed by atoms with E-state index in [1.54, 1.807) is 26.1 Å². The molecule has 1 heterocycles. The van der Waals surface area contributed by atoms with Crippen LogP contribution in [0.4, 0.5) is 5.82 Å². The van der Waals surface area contributed by atoms with Crippen LogP contribution in [-0.2, 0) is 9.53 Å². The van der Waals surface area contributed by atoms with Crippen LogP contribution < -0.4 is 5.73 Å². The first kappa shape index (κ1) is 9.57. The lowest BCUT2D eigenvalue weighted by molar-refractivity contribution is -0.146. The molecule has 0 amide bonds. The van der Waals surface area contributed by atoms with E-state index >= 15 is 0 Å². The number of nitrogen functional groups attached to an aromatic ring is 1. The monoisotopic (exact) mass is 183 g/mol. The van der Waals surface area contributed by atoms with Crippen molar-refractivity contribution in [2.45, 2.75) is 19.9 Å². The minimum absolute atomic E-state index is 0.321. The molecule has 0 aromatic carbocycles. The Bertz CT molecular complexity index is 295. The number of nitrogens with two attached hydrogens (primary N) is 1. The molecule has 1 aromatic heterocycles. The van der Waals surface area contributed by atoms with Gasteiger partial charge >= 0.3 is 5.97 Å². The molecular weight excluding hydrogens is 170 g/mol. The maximum Gasteiger partial charge on any atom is 0.330 e. The largest absolute Gasteiger partial charge is 0.464 e. The number of esters is 1. The fraction of sp³-hybridized carbons (Fsp3) is 0.500. The van der Waals surface area contributed by atoms with Gasteiger partial charge in [-0.25, -0.2) is 9.48 Å². The lowest BCUT2D eigenvalue weighted by Crippen LogP contribution is -2.21. The van der Waals surface area contributed by atoms with Gasteiger partial charge in [0.2, 0.25) is 0 Å². The minimum Gasteiger partial charge on any atom is -0.464 e. The fourth-order valence-electron chi connectivity index (χ4n) is 1.01. The van der Waals surface area contributed by atoms with E-state index in [9.17, 15) is 4.79 Å². The zero-order valence-electron chi connectivity index (χ0n) is 7.73. The highest BCUT2D eigenvalue weighted by molar-refractivity contribution is 5.74. The average Bonchev–Trinajstić information content (AvgIpc) is 2.50. The van der Waals surface area contributed by atoms with E-state index < -0.39 is 6.04 Å². The third-order valence-corrected chi connectivity index (χ3v) is 1.70.